The van der Waals surface area contributed by atoms with Gasteiger partial charge in [0.15, 0.2) is 0 Å². The molecular weight excluding hydrogens is 338 g/mol. The molecule has 1 aromatic heterocycles. The summed E-state index contributed by atoms with van der Waals surface area (Å²) < 4.78 is 0. The fraction of sp³-hybridized carbons (Fsp3) is 0.348. The van der Waals surface area contributed by atoms with Gasteiger partial charge in [0.05, 0.1) is 4.88 Å². The Morgan fingerprint density at radius 3 is 2.19 bits per heavy atom. The number of aromatic nitrogens is 1. The van der Waals surface area contributed by atoms with Crippen molar-refractivity contribution in [2.75, 3.05) is 0 Å². The summed E-state index contributed by atoms with van der Waals surface area (Å²) in [5, 5.41) is 10.5. The first-order chi connectivity index (χ1) is 12.8. The lowest BCUT2D eigenvalue weighted by Crippen LogP contribution is -1.86. The van der Waals surface area contributed by atoms with Gasteiger partial charge in [0, 0.05) is 11.8 Å². The van der Waals surface area contributed by atoms with Crippen LogP contribution in [0.15, 0.2) is 54.7 Å². The van der Waals surface area contributed by atoms with Crippen molar-refractivity contribution in [3.8, 4) is 26.8 Å². The van der Waals surface area contributed by atoms with E-state index in [2.05, 4.69) is 36.2 Å². The Kier molecular flexibility index (Phi) is 6.84. The molecule has 3 rings (SSSR count). The molecule has 136 valence electrons. The minimum Gasteiger partial charge on any atom is -0.508 e. The van der Waals surface area contributed by atoms with E-state index in [1.54, 1.807) is 23.5 Å². The van der Waals surface area contributed by atoms with Gasteiger partial charge in [0.1, 0.15) is 10.8 Å². The van der Waals surface area contributed by atoms with Gasteiger partial charge in [-0.25, -0.2) is 4.98 Å². The predicted octanol–water partition coefficient (Wildman–Crippen LogP) is 7.09. The highest BCUT2D eigenvalue weighted by atomic mass is 32.1. The molecule has 1 N–H and O–H groups in total. The van der Waals surface area contributed by atoms with Crippen LogP contribution in [0.3, 0.4) is 0 Å². The van der Waals surface area contributed by atoms with E-state index in [-0.39, 0.29) is 0 Å². The van der Waals surface area contributed by atoms with Crippen LogP contribution in [0.4, 0.5) is 0 Å². The molecular formula is C23H27NOS. The number of aryl methyl sites for hydroxylation is 1. The number of unbranched alkanes of at least 4 members (excludes halogenated alkanes) is 5. The number of aromatic hydroxyl groups is 1. The highest BCUT2D eigenvalue weighted by Gasteiger charge is 2.07. The molecule has 26 heavy (non-hydrogen) atoms. The first-order valence-electron chi connectivity index (χ1n) is 9.61. The summed E-state index contributed by atoms with van der Waals surface area (Å²) >= 11 is 1.69. The lowest BCUT2D eigenvalue weighted by atomic mass is 10.0. The summed E-state index contributed by atoms with van der Waals surface area (Å²) in [4.78, 5) is 5.70. The third-order valence-electron chi connectivity index (χ3n) is 4.68. The quantitative estimate of drug-likeness (QED) is 0.411. The van der Waals surface area contributed by atoms with Crippen LogP contribution in [-0.2, 0) is 6.42 Å². The standard InChI is InChI=1S/C23H27NOS/c1-2-3-4-5-6-7-8-18-9-11-20(12-10-18)23-24-17-22(26-23)19-13-15-21(25)16-14-19/h9-17,25H,2-8H2,1H3. The molecule has 0 fully saturated rings. The van der Waals surface area contributed by atoms with Crippen molar-refractivity contribution in [1.29, 1.82) is 0 Å². The number of phenols is 1. The summed E-state index contributed by atoms with van der Waals surface area (Å²) in [6.45, 7) is 2.26. The second-order valence-electron chi connectivity index (χ2n) is 6.79. The maximum atomic E-state index is 9.42. The highest BCUT2D eigenvalue weighted by Crippen LogP contribution is 2.32. The van der Waals surface area contributed by atoms with E-state index in [4.69, 9.17) is 0 Å². The zero-order valence-electron chi connectivity index (χ0n) is 15.4. The number of rotatable bonds is 9. The molecule has 2 nitrogen and oxygen atoms in total. The Balaban J connectivity index is 1.56. The highest BCUT2D eigenvalue weighted by molar-refractivity contribution is 7.18. The van der Waals surface area contributed by atoms with Gasteiger partial charge in [0.2, 0.25) is 0 Å². The van der Waals surface area contributed by atoms with Gasteiger partial charge >= 0.3 is 0 Å². The van der Waals surface area contributed by atoms with Crippen molar-refractivity contribution in [2.45, 2.75) is 51.9 Å². The molecule has 0 spiro atoms. The first kappa shape index (κ1) is 18.7. The van der Waals surface area contributed by atoms with Crippen LogP contribution in [-0.4, -0.2) is 10.1 Å². The molecule has 0 saturated carbocycles. The van der Waals surface area contributed by atoms with Crippen LogP contribution in [0.1, 0.15) is 51.0 Å². The Morgan fingerprint density at radius 1 is 0.808 bits per heavy atom. The van der Waals surface area contributed by atoms with Crippen molar-refractivity contribution < 1.29 is 5.11 Å². The van der Waals surface area contributed by atoms with Crippen LogP contribution < -0.4 is 0 Å². The fourth-order valence-electron chi connectivity index (χ4n) is 3.09. The number of hydrogen-bond donors (Lipinski definition) is 1. The third kappa shape index (κ3) is 5.18. The van der Waals surface area contributed by atoms with Crippen molar-refractivity contribution in [3.05, 3.63) is 60.3 Å². The average Bonchev–Trinajstić information content (AvgIpc) is 3.16. The summed E-state index contributed by atoms with van der Waals surface area (Å²) in [7, 11) is 0. The molecule has 0 bridgehead atoms. The number of phenolic OH excluding ortho intramolecular Hbond substituents is 1. The maximum absolute atomic E-state index is 9.42. The summed E-state index contributed by atoms with van der Waals surface area (Å²) in [5.41, 5.74) is 3.68. The molecule has 0 aliphatic rings. The van der Waals surface area contributed by atoms with Gasteiger partial charge in [-0.2, -0.15) is 0 Å². The van der Waals surface area contributed by atoms with E-state index in [9.17, 15) is 5.11 Å². The molecule has 0 atom stereocenters. The van der Waals surface area contributed by atoms with Gasteiger partial charge in [-0.15, -0.1) is 11.3 Å². The maximum Gasteiger partial charge on any atom is 0.123 e. The topological polar surface area (TPSA) is 33.1 Å². The van der Waals surface area contributed by atoms with Crippen LogP contribution in [0.2, 0.25) is 0 Å². The van der Waals surface area contributed by atoms with Crippen LogP contribution in [0.5, 0.6) is 5.75 Å². The zero-order valence-corrected chi connectivity index (χ0v) is 16.3. The van der Waals surface area contributed by atoms with E-state index >= 15 is 0 Å². The van der Waals surface area contributed by atoms with E-state index in [1.165, 1.54) is 56.1 Å². The lowest BCUT2D eigenvalue weighted by molar-refractivity contribution is 0.475. The normalized spacial score (nSPS) is 11.0. The van der Waals surface area contributed by atoms with Crippen molar-refractivity contribution in [1.82, 2.24) is 4.98 Å². The molecule has 3 heteroatoms. The van der Waals surface area contributed by atoms with Crippen LogP contribution >= 0.6 is 11.3 Å². The largest absolute Gasteiger partial charge is 0.508 e. The van der Waals surface area contributed by atoms with Gasteiger partial charge < -0.3 is 5.11 Å². The van der Waals surface area contributed by atoms with Crippen LogP contribution in [0.25, 0.3) is 21.0 Å². The van der Waals surface area contributed by atoms with Crippen molar-refractivity contribution in [2.24, 2.45) is 0 Å². The summed E-state index contributed by atoms with van der Waals surface area (Å²) in [6.07, 6.45) is 11.1. The molecule has 3 aromatic rings. The molecule has 0 saturated heterocycles. The molecule has 0 radical (unpaired) electrons. The molecule has 1 heterocycles. The fourth-order valence-corrected chi connectivity index (χ4v) is 4.02. The Bertz CT molecular complexity index is 790. The Labute approximate surface area is 160 Å². The Morgan fingerprint density at radius 2 is 1.46 bits per heavy atom. The van der Waals surface area contributed by atoms with Gasteiger partial charge in [-0.3, -0.25) is 0 Å². The zero-order chi connectivity index (χ0) is 18.2. The average molecular weight is 366 g/mol. The number of benzene rings is 2. The second-order valence-corrected chi connectivity index (χ2v) is 7.82. The van der Waals surface area contributed by atoms with E-state index in [1.807, 2.05) is 18.3 Å². The third-order valence-corrected chi connectivity index (χ3v) is 5.77. The number of nitrogens with zero attached hydrogens (tertiary/aromatic N) is 1. The minimum atomic E-state index is 0.291. The van der Waals surface area contributed by atoms with Crippen molar-refractivity contribution >= 4 is 11.3 Å². The molecule has 2 aromatic carbocycles. The van der Waals surface area contributed by atoms with Gasteiger partial charge in [-0.1, -0.05) is 63.3 Å². The molecule has 0 aliphatic carbocycles. The molecule has 0 amide bonds. The second kappa shape index (κ2) is 9.54. The number of hydrogen-bond acceptors (Lipinski definition) is 3. The lowest BCUT2D eigenvalue weighted by Gasteiger charge is -2.03. The van der Waals surface area contributed by atoms with E-state index in [0.29, 0.717) is 5.75 Å². The SMILES string of the molecule is CCCCCCCCc1ccc(-c2ncc(-c3ccc(O)cc3)s2)cc1. The van der Waals surface area contributed by atoms with E-state index < -0.39 is 0 Å². The Hall–Kier alpha value is -2.13. The van der Waals surface area contributed by atoms with Crippen molar-refractivity contribution in [3.63, 3.8) is 0 Å². The predicted molar refractivity (Wildman–Crippen MR) is 112 cm³/mol. The monoisotopic (exact) mass is 365 g/mol. The molecule has 0 aliphatic heterocycles. The van der Waals surface area contributed by atoms with Gasteiger partial charge in [0.25, 0.3) is 0 Å². The minimum absolute atomic E-state index is 0.291. The smallest absolute Gasteiger partial charge is 0.123 e. The van der Waals surface area contributed by atoms with E-state index in [0.717, 1.165) is 15.4 Å². The summed E-state index contributed by atoms with van der Waals surface area (Å²) in [6, 6.07) is 16.1. The summed E-state index contributed by atoms with van der Waals surface area (Å²) in [5.74, 6) is 0.291. The van der Waals surface area contributed by atoms with Gasteiger partial charge in [-0.05, 0) is 48.2 Å². The molecule has 0 unspecified atom stereocenters. The van der Waals surface area contributed by atoms with Crippen LogP contribution in [0, 0.1) is 0 Å². The number of thiazole rings is 1. The first-order valence-corrected chi connectivity index (χ1v) is 10.4.